The van der Waals surface area contributed by atoms with Crippen molar-refractivity contribution >= 4 is 0 Å². The Morgan fingerprint density at radius 2 is 1.33 bits per heavy atom. The van der Waals surface area contributed by atoms with Crippen LogP contribution in [0, 0.1) is 0 Å². The summed E-state index contributed by atoms with van der Waals surface area (Å²) in [5, 5.41) is 0. The fraction of sp³-hybridized carbons (Fsp3) is 0.600. The lowest BCUT2D eigenvalue weighted by molar-refractivity contribution is 1.10. The quantitative estimate of drug-likeness (QED) is 0.491. The third-order valence-corrected chi connectivity index (χ3v) is 1.19. The van der Waals surface area contributed by atoms with Gasteiger partial charge in [-0.25, -0.2) is 0 Å². The minimum Gasteiger partial charge on any atom is -0.0991 e. The molecule has 0 aliphatic carbocycles. The molecule has 0 saturated carbocycles. The Kier molecular flexibility index (Phi) is 60.1. The highest BCUT2D eigenvalue weighted by molar-refractivity contribution is 5.13. The lowest BCUT2D eigenvalue weighted by Gasteiger charge is -1.87. The number of hydrogen-bond donors (Lipinski definition) is 0. The highest BCUT2D eigenvalue weighted by Crippen LogP contribution is 1.96. The maximum Gasteiger partial charge on any atom is -0.0349 e. The predicted octanol–water partition coefficient (Wildman–Crippen LogP) is 6.16. The SMILES string of the molecule is C=C/C=C\C=C(/C)CC.CC.CC.CC. The second kappa shape index (κ2) is 37.9. The van der Waals surface area contributed by atoms with E-state index in [0.717, 1.165) is 6.42 Å². The molecule has 0 aromatic rings. The fourth-order valence-corrected chi connectivity index (χ4v) is 0.416. The number of rotatable bonds is 3. The minimum atomic E-state index is 1.13. The van der Waals surface area contributed by atoms with Crippen LogP contribution in [0.5, 0.6) is 0 Å². The van der Waals surface area contributed by atoms with Crippen LogP contribution < -0.4 is 0 Å². The van der Waals surface area contributed by atoms with Gasteiger partial charge >= 0.3 is 0 Å². The van der Waals surface area contributed by atoms with Crippen LogP contribution >= 0.6 is 0 Å². The monoisotopic (exact) mass is 212 g/mol. The molecule has 0 aromatic heterocycles. The first kappa shape index (κ1) is 23.8. The van der Waals surface area contributed by atoms with Crippen molar-refractivity contribution in [3.63, 3.8) is 0 Å². The highest BCUT2D eigenvalue weighted by Gasteiger charge is 1.76. The summed E-state index contributed by atoms with van der Waals surface area (Å²) in [4.78, 5) is 0. The zero-order valence-electron chi connectivity index (χ0n) is 12.2. The Morgan fingerprint density at radius 3 is 1.60 bits per heavy atom. The van der Waals surface area contributed by atoms with Crippen molar-refractivity contribution in [3.05, 3.63) is 36.5 Å². The van der Waals surface area contributed by atoms with Gasteiger partial charge < -0.3 is 0 Å². The molecule has 0 nitrogen and oxygen atoms in total. The largest absolute Gasteiger partial charge is 0.0991 e. The van der Waals surface area contributed by atoms with Gasteiger partial charge in [-0.1, -0.05) is 84.9 Å². The molecule has 0 aliphatic heterocycles. The van der Waals surface area contributed by atoms with Gasteiger partial charge in [0, 0.05) is 0 Å². The first-order valence-electron chi connectivity index (χ1n) is 6.26. The van der Waals surface area contributed by atoms with Crippen molar-refractivity contribution in [3.8, 4) is 0 Å². The molecule has 0 aliphatic rings. The van der Waals surface area contributed by atoms with Crippen LogP contribution in [0.25, 0.3) is 0 Å². The molecule has 0 fully saturated rings. The molecule has 0 radical (unpaired) electrons. The van der Waals surface area contributed by atoms with Gasteiger partial charge in [0.05, 0.1) is 0 Å². The summed E-state index contributed by atoms with van der Waals surface area (Å²) in [6.45, 7) is 19.8. The third-order valence-electron chi connectivity index (χ3n) is 1.19. The predicted molar refractivity (Wildman–Crippen MR) is 77.4 cm³/mol. The van der Waals surface area contributed by atoms with E-state index in [9.17, 15) is 0 Å². The van der Waals surface area contributed by atoms with Crippen molar-refractivity contribution in [1.82, 2.24) is 0 Å². The van der Waals surface area contributed by atoms with E-state index < -0.39 is 0 Å². The van der Waals surface area contributed by atoms with Crippen LogP contribution in [0.2, 0.25) is 0 Å². The van der Waals surface area contributed by atoms with Gasteiger partial charge in [-0.3, -0.25) is 0 Å². The van der Waals surface area contributed by atoms with E-state index in [1.807, 2.05) is 53.7 Å². The van der Waals surface area contributed by atoms with Crippen LogP contribution in [0.1, 0.15) is 61.8 Å². The lowest BCUT2D eigenvalue weighted by Crippen LogP contribution is -1.66. The van der Waals surface area contributed by atoms with Crippen molar-refractivity contribution in [2.75, 3.05) is 0 Å². The van der Waals surface area contributed by atoms with Crippen LogP contribution in [0.3, 0.4) is 0 Å². The molecule has 0 aromatic carbocycles. The Hall–Kier alpha value is -0.780. The lowest BCUT2D eigenvalue weighted by atomic mass is 10.2. The first-order chi connectivity index (χ1) is 7.31. The molecule has 0 rings (SSSR count). The smallest absolute Gasteiger partial charge is 0.0349 e. The molecule has 15 heavy (non-hydrogen) atoms. The van der Waals surface area contributed by atoms with Crippen molar-refractivity contribution < 1.29 is 0 Å². The molecule has 0 N–H and O–H groups in total. The molecule has 92 valence electrons. The zero-order valence-corrected chi connectivity index (χ0v) is 12.2. The van der Waals surface area contributed by atoms with Crippen LogP contribution in [-0.4, -0.2) is 0 Å². The van der Waals surface area contributed by atoms with Gasteiger partial charge in [0.2, 0.25) is 0 Å². The topological polar surface area (TPSA) is 0 Å². The molecule has 0 amide bonds. The number of allylic oxidation sites excluding steroid dienone is 5. The highest BCUT2D eigenvalue weighted by atomic mass is 13.8. The summed E-state index contributed by atoms with van der Waals surface area (Å²) in [7, 11) is 0. The Bertz CT molecular complexity index is 127. The molecule has 0 heteroatoms. The molecule has 0 saturated heterocycles. The van der Waals surface area contributed by atoms with Crippen molar-refractivity contribution in [2.45, 2.75) is 61.8 Å². The minimum absolute atomic E-state index is 1.13. The molecular formula is C15H32. The maximum atomic E-state index is 3.57. The van der Waals surface area contributed by atoms with Gasteiger partial charge in [0.15, 0.2) is 0 Å². The van der Waals surface area contributed by atoms with Crippen LogP contribution in [0.15, 0.2) is 36.5 Å². The van der Waals surface area contributed by atoms with E-state index in [2.05, 4.69) is 26.5 Å². The average Bonchev–Trinajstić information content (AvgIpc) is 2.36. The Morgan fingerprint density at radius 1 is 0.933 bits per heavy atom. The Labute approximate surface area is 98.8 Å². The molecular weight excluding hydrogens is 180 g/mol. The van der Waals surface area contributed by atoms with E-state index in [1.54, 1.807) is 6.08 Å². The van der Waals surface area contributed by atoms with E-state index >= 15 is 0 Å². The summed E-state index contributed by atoms with van der Waals surface area (Å²) in [6.07, 6.45) is 8.94. The molecule has 0 spiro atoms. The van der Waals surface area contributed by atoms with Gasteiger partial charge in [0.25, 0.3) is 0 Å². The van der Waals surface area contributed by atoms with Crippen LogP contribution in [-0.2, 0) is 0 Å². The van der Waals surface area contributed by atoms with E-state index in [0.29, 0.717) is 0 Å². The second-order valence-corrected chi connectivity index (χ2v) is 1.99. The maximum absolute atomic E-state index is 3.57. The fourth-order valence-electron chi connectivity index (χ4n) is 0.416. The van der Waals surface area contributed by atoms with E-state index in [4.69, 9.17) is 0 Å². The molecule has 0 atom stereocenters. The number of hydrogen-bond acceptors (Lipinski definition) is 0. The molecule has 0 unspecified atom stereocenters. The second-order valence-electron chi connectivity index (χ2n) is 1.99. The van der Waals surface area contributed by atoms with Gasteiger partial charge in [0.1, 0.15) is 0 Å². The summed E-state index contributed by atoms with van der Waals surface area (Å²) < 4.78 is 0. The zero-order chi connectivity index (χ0) is 13.1. The van der Waals surface area contributed by atoms with Crippen LogP contribution in [0.4, 0.5) is 0 Å². The van der Waals surface area contributed by atoms with Gasteiger partial charge in [-0.2, -0.15) is 0 Å². The van der Waals surface area contributed by atoms with Gasteiger partial charge in [-0.05, 0) is 13.3 Å². The first-order valence-corrected chi connectivity index (χ1v) is 6.26. The van der Waals surface area contributed by atoms with Crippen molar-refractivity contribution in [1.29, 1.82) is 0 Å². The Balaban J connectivity index is -0.0000000860. The third kappa shape index (κ3) is 43.0. The summed E-state index contributed by atoms with van der Waals surface area (Å²) >= 11 is 0. The van der Waals surface area contributed by atoms with E-state index in [1.165, 1.54) is 5.57 Å². The molecule has 0 bridgehead atoms. The standard InChI is InChI=1S/C9H14.3C2H6/c1-4-6-7-8-9(3)5-2;3*1-2/h4,6-8H,1,5H2,2-3H3;3*1-2H3/b7-6-,9-8+;;;. The summed E-state index contributed by atoms with van der Waals surface area (Å²) in [5.41, 5.74) is 1.40. The normalized spacial score (nSPS) is 8.67. The van der Waals surface area contributed by atoms with E-state index in [-0.39, 0.29) is 0 Å². The summed E-state index contributed by atoms with van der Waals surface area (Å²) in [5.74, 6) is 0. The molecule has 0 heterocycles. The summed E-state index contributed by atoms with van der Waals surface area (Å²) in [6, 6.07) is 0. The average molecular weight is 212 g/mol. The van der Waals surface area contributed by atoms with Crippen molar-refractivity contribution in [2.24, 2.45) is 0 Å². The van der Waals surface area contributed by atoms with Gasteiger partial charge in [-0.15, -0.1) is 0 Å².